The van der Waals surface area contributed by atoms with Crippen molar-refractivity contribution in [1.29, 1.82) is 0 Å². The van der Waals surface area contributed by atoms with E-state index in [0.29, 0.717) is 0 Å². The lowest BCUT2D eigenvalue weighted by molar-refractivity contribution is -0.150. The van der Waals surface area contributed by atoms with Crippen LogP contribution in [0.15, 0.2) is 23.8 Å². The minimum Gasteiger partial charge on any atom is -0.457 e. The van der Waals surface area contributed by atoms with Crippen molar-refractivity contribution < 1.29 is 9.53 Å². The van der Waals surface area contributed by atoms with Gasteiger partial charge < -0.3 is 4.74 Å². The van der Waals surface area contributed by atoms with Crippen molar-refractivity contribution in [2.24, 2.45) is 0 Å². The van der Waals surface area contributed by atoms with Crippen molar-refractivity contribution in [3.05, 3.63) is 23.8 Å². The van der Waals surface area contributed by atoms with Crippen molar-refractivity contribution in [2.75, 3.05) is 0 Å². The Bertz CT molecular complexity index is 279. The van der Waals surface area contributed by atoms with Crippen LogP contribution < -0.4 is 0 Å². The predicted molar refractivity (Wildman–Crippen MR) is 61.5 cm³/mol. The lowest BCUT2D eigenvalue weighted by atomic mass is 10.0. The first-order valence-electron chi connectivity index (χ1n) is 5.58. The summed E-state index contributed by atoms with van der Waals surface area (Å²) in [6, 6.07) is 0. The van der Waals surface area contributed by atoms with Crippen LogP contribution in [0.3, 0.4) is 0 Å². The van der Waals surface area contributed by atoms with E-state index in [9.17, 15) is 4.79 Å². The second-order valence-electron chi connectivity index (χ2n) is 4.87. The van der Waals surface area contributed by atoms with Gasteiger partial charge in [0.05, 0.1) is 0 Å². The van der Waals surface area contributed by atoms with Crippen LogP contribution in [0.4, 0.5) is 0 Å². The number of rotatable bonds is 1. The number of esters is 1. The lowest BCUT2D eigenvalue weighted by Gasteiger charge is -2.20. The van der Waals surface area contributed by atoms with Gasteiger partial charge in [0.1, 0.15) is 5.60 Å². The molecule has 0 unspecified atom stereocenters. The highest BCUT2D eigenvalue weighted by atomic mass is 16.6. The monoisotopic (exact) mass is 208 g/mol. The molecule has 0 aromatic rings. The van der Waals surface area contributed by atoms with Gasteiger partial charge in [0.25, 0.3) is 0 Å². The zero-order valence-electron chi connectivity index (χ0n) is 9.88. The third kappa shape index (κ3) is 4.82. The Morgan fingerprint density at radius 2 is 2.07 bits per heavy atom. The highest BCUT2D eigenvalue weighted by Gasteiger charge is 2.19. The standard InChI is InChI=1S/C13H20O2/c1-13(2,3)15-12(14)11-9-7-5-4-6-8-10-11/h5,7,9H,4,6,8,10H2,1-3H3. The van der Waals surface area contributed by atoms with Gasteiger partial charge in [0, 0.05) is 5.57 Å². The first kappa shape index (κ1) is 12.0. The van der Waals surface area contributed by atoms with Crippen molar-refractivity contribution in [1.82, 2.24) is 0 Å². The maximum absolute atomic E-state index is 11.8. The quantitative estimate of drug-likeness (QED) is 0.617. The van der Waals surface area contributed by atoms with Crippen LogP contribution in [0.2, 0.25) is 0 Å². The highest BCUT2D eigenvalue weighted by molar-refractivity contribution is 5.89. The van der Waals surface area contributed by atoms with Crippen LogP contribution in [0.1, 0.15) is 46.5 Å². The average Bonchev–Trinajstić information content (AvgIpc) is 1.98. The first-order chi connectivity index (χ1) is 6.99. The minimum absolute atomic E-state index is 0.172. The maximum atomic E-state index is 11.8. The summed E-state index contributed by atoms with van der Waals surface area (Å²) in [7, 11) is 0. The molecule has 2 nitrogen and oxygen atoms in total. The molecule has 1 aliphatic carbocycles. The number of hydrogen-bond acceptors (Lipinski definition) is 2. The first-order valence-corrected chi connectivity index (χ1v) is 5.58. The van der Waals surface area contributed by atoms with Crippen LogP contribution in [0.5, 0.6) is 0 Å². The highest BCUT2D eigenvalue weighted by Crippen LogP contribution is 2.17. The van der Waals surface area contributed by atoms with Crippen molar-refractivity contribution in [3.63, 3.8) is 0 Å². The Morgan fingerprint density at radius 3 is 2.73 bits per heavy atom. The zero-order valence-corrected chi connectivity index (χ0v) is 9.88. The molecule has 1 aliphatic rings. The van der Waals surface area contributed by atoms with E-state index in [-0.39, 0.29) is 5.97 Å². The van der Waals surface area contributed by atoms with E-state index in [0.717, 1.165) is 31.3 Å². The van der Waals surface area contributed by atoms with E-state index in [1.807, 2.05) is 32.9 Å². The summed E-state index contributed by atoms with van der Waals surface area (Å²) in [5.74, 6) is -0.172. The van der Waals surface area contributed by atoms with Crippen molar-refractivity contribution in [3.8, 4) is 0 Å². The van der Waals surface area contributed by atoms with E-state index in [4.69, 9.17) is 4.74 Å². The van der Waals surface area contributed by atoms with Crippen LogP contribution in [0, 0.1) is 0 Å². The number of allylic oxidation sites excluding steroid dienone is 3. The molecule has 0 aliphatic heterocycles. The molecular weight excluding hydrogens is 188 g/mol. The fourth-order valence-electron chi connectivity index (χ4n) is 1.46. The van der Waals surface area contributed by atoms with Crippen LogP contribution in [0.25, 0.3) is 0 Å². The van der Waals surface area contributed by atoms with Gasteiger partial charge >= 0.3 is 5.97 Å². The maximum Gasteiger partial charge on any atom is 0.334 e. The summed E-state index contributed by atoms with van der Waals surface area (Å²) in [5.41, 5.74) is 0.394. The molecule has 0 N–H and O–H groups in total. The molecule has 2 heteroatoms. The smallest absolute Gasteiger partial charge is 0.334 e. The topological polar surface area (TPSA) is 26.3 Å². The fraction of sp³-hybridized carbons (Fsp3) is 0.615. The zero-order chi connectivity index (χ0) is 11.3. The Balaban J connectivity index is 2.64. The molecule has 84 valence electrons. The molecule has 0 atom stereocenters. The van der Waals surface area contributed by atoms with Gasteiger partial charge in [-0.15, -0.1) is 0 Å². The van der Waals surface area contributed by atoms with E-state index in [1.54, 1.807) is 0 Å². The molecular formula is C13H20O2. The van der Waals surface area contributed by atoms with E-state index in [1.165, 1.54) is 0 Å². The summed E-state index contributed by atoms with van der Waals surface area (Å²) in [5, 5.41) is 0. The third-order valence-corrected chi connectivity index (χ3v) is 2.16. The van der Waals surface area contributed by atoms with Gasteiger partial charge in [0.2, 0.25) is 0 Å². The molecule has 0 radical (unpaired) electrons. The third-order valence-electron chi connectivity index (χ3n) is 2.16. The van der Waals surface area contributed by atoms with Crippen LogP contribution in [-0.2, 0) is 9.53 Å². The van der Waals surface area contributed by atoms with E-state index >= 15 is 0 Å². The number of carbonyl (C=O) groups excluding carboxylic acids is 1. The van der Waals surface area contributed by atoms with Gasteiger partial charge in [-0.2, -0.15) is 0 Å². The number of ether oxygens (including phenoxy) is 1. The van der Waals surface area contributed by atoms with Crippen LogP contribution >= 0.6 is 0 Å². The number of carbonyl (C=O) groups is 1. The Hall–Kier alpha value is -1.05. The van der Waals surface area contributed by atoms with Gasteiger partial charge in [-0.25, -0.2) is 4.79 Å². The van der Waals surface area contributed by atoms with Gasteiger partial charge in [-0.05, 0) is 46.5 Å². The normalized spacial score (nSPS) is 17.7. The van der Waals surface area contributed by atoms with E-state index in [2.05, 4.69) is 6.08 Å². The van der Waals surface area contributed by atoms with Crippen molar-refractivity contribution in [2.45, 2.75) is 52.1 Å². The minimum atomic E-state index is -0.399. The molecule has 0 aromatic heterocycles. The molecule has 0 bridgehead atoms. The molecule has 0 heterocycles. The summed E-state index contributed by atoms with van der Waals surface area (Å²) in [4.78, 5) is 11.8. The fourth-order valence-corrected chi connectivity index (χ4v) is 1.46. The molecule has 0 saturated carbocycles. The average molecular weight is 208 g/mol. The molecule has 0 fully saturated rings. The largest absolute Gasteiger partial charge is 0.457 e. The second kappa shape index (κ2) is 5.15. The molecule has 0 amide bonds. The molecule has 1 rings (SSSR count). The Kier molecular flexibility index (Phi) is 4.13. The Labute approximate surface area is 92.0 Å². The molecule has 15 heavy (non-hydrogen) atoms. The second-order valence-corrected chi connectivity index (χ2v) is 4.87. The number of hydrogen-bond donors (Lipinski definition) is 0. The Morgan fingerprint density at radius 1 is 1.33 bits per heavy atom. The predicted octanol–water partition coefficient (Wildman–Crippen LogP) is 3.38. The molecule has 0 saturated heterocycles. The van der Waals surface area contributed by atoms with Crippen molar-refractivity contribution >= 4 is 5.97 Å². The van der Waals surface area contributed by atoms with Gasteiger partial charge in [-0.1, -0.05) is 18.2 Å². The molecule has 0 aromatic carbocycles. The van der Waals surface area contributed by atoms with E-state index < -0.39 is 5.60 Å². The summed E-state index contributed by atoms with van der Waals surface area (Å²) < 4.78 is 5.33. The lowest BCUT2D eigenvalue weighted by Crippen LogP contribution is -2.25. The molecule has 0 spiro atoms. The summed E-state index contributed by atoms with van der Waals surface area (Å²) in [6.45, 7) is 5.68. The summed E-state index contributed by atoms with van der Waals surface area (Å²) in [6.07, 6.45) is 10.1. The van der Waals surface area contributed by atoms with Gasteiger partial charge in [0.15, 0.2) is 0 Å². The summed E-state index contributed by atoms with van der Waals surface area (Å²) >= 11 is 0. The SMILES string of the molecule is CC(C)(C)OC(=O)C1=CC=CCCCC1. The van der Waals surface area contributed by atoms with Crippen LogP contribution in [-0.4, -0.2) is 11.6 Å². The van der Waals surface area contributed by atoms with Gasteiger partial charge in [-0.3, -0.25) is 0 Å².